The van der Waals surface area contributed by atoms with Gasteiger partial charge >= 0.3 is 0 Å². The molecule has 0 saturated carbocycles. The Morgan fingerprint density at radius 2 is 1.88 bits per heavy atom. The lowest BCUT2D eigenvalue weighted by molar-refractivity contribution is 0.102. The van der Waals surface area contributed by atoms with Gasteiger partial charge in [-0.25, -0.2) is 15.0 Å². The lowest BCUT2D eigenvalue weighted by Crippen LogP contribution is -2.14. The number of benzene rings is 1. The van der Waals surface area contributed by atoms with Crippen LogP contribution in [0.4, 0.5) is 23.3 Å². The van der Waals surface area contributed by atoms with Crippen LogP contribution < -0.4 is 16.4 Å². The van der Waals surface area contributed by atoms with Gasteiger partial charge in [-0.2, -0.15) is 0 Å². The molecule has 0 radical (unpaired) electrons. The molecule has 0 aliphatic carbocycles. The standard InChI is InChI=1S/C17H19N7O/c1-9-5-4-6-10(2)15(9)24-16(25)12-8-19-17(22-12)23-14-7-13(18)20-11(3)21-14/h4-8H,1-3H3,(H,24,25)(H4,18,19,20,21,22,23). The Bertz CT molecular complexity index is 892. The van der Waals surface area contributed by atoms with Gasteiger partial charge in [0.1, 0.15) is 23.2 Å². The van der Waals surface area contributed by atoms with Crippen molar-refractivity contribution in [2.24, 2.45) is 0 Å². The van der Waals surface area contributed by atoms with Crippen LogP contribution in [0.25, 0.3) is 0 Å². The van der Waals surface area contributed by atoms with E-state index in [-0.39, 0.29) is 5.91 Å². The summed E-state index contributed by atoms with van der Waals surface area (Å²) in [5, 5.41) is 5.88. The number of aromatic nitrogens is 4. The van der Waals surface area contributed by atoms with Gasteiger partial charge in [-0.15, -0.1) is 0 Å². The summed E-state index contributed by atoms with van der Waals surface area (Å²) in [4.78, 5) is 27.7. The number of amides is 1. The number of rotatable bonds is 4. The molecule has 0 unspecified atom stereocenters. The van der Waals surface area contributed by atoms with E-state index in [0.717, 1.165) is 16.8 Å². The van der Waals surface area contributed by atoms with E-state index in [0.29, 0.717) is 29.1 Å². The molecule has 0 aliphatic heterocycles. The van der Waals surface area contributed by atoms with Crippen molar-refractivity contribution in [1.82, 2.24) is 19.9 Å². The van der Waals surface area contributed by atoms with Gasteiger partial charge in [-0.05, 0) is 31.9 Å². The van der Waals surface area contributed by atoms with Crippen molar-refractivity contribution in [3.05, 3.63) is 53.1 Å². The van der Waals surface area contributed by atoms with Gasteiger partial charge in [-0.1, -0.05) is 18.2 Å². The van der Waals surface area contributed by atoms with Crippen molar-refractivity contribution in [3.63, 3.8) is 0 Å². The number of carbonyl (C=O) groups is 1. The van der Waals surface area contributed by atoms with Gasteiger partial charge in [0, 0.05) is 11.8 Å². The number of hydrogen-bond donors (Lipinski definition) is 4. The minimum atomic E-state index is -0.267. The Labute approximate surface area is 144 Å². The van der Waals surface area contributed by atoms with E-state index in [2.05, 4.69) is 30.6 Å². The Morgan fingerprint density at radius 1 is 1.16 bits per heavy atom. The Hall–Kier alpha value is -3.42. The van der Waals surface area contributed by atoms with E-state index in [1.807, 2.05) is 32.0 Å². The second-order valence-electron chi connectivity index (χ2n) is 5.72. The fourth-order valence-corrected chi connectivity index (χ4v) is 2.47. The topological polar surface area (TPSA) is 122 Å². The molecule has 8 heteroatoms. The number of hydrogen-bond acceptors (Lipinski definition) is 6. The SMILES string of the molecule is Cc1nc(N)cc(Nc2ncc(C(=O)Nc3c(C)cccc3C)[nH]2)n1. The maximum atomic E-state index is 12.4. The van der Waals surface area contributed by atoms with Crippen molar-refractivity contribution in [2.75, 3.05) is 16.4 Å². The molecule has 0 saturated heterocycles. The lowest BCUT2D eigenvalue weighted by Gasteiger charge is -2.10. The number of anilines is 4. The van der Waals surface area contributed by atoms with Gasteiger partial charge in [0.15, 0.2) is 0 Å². The fourth-order valence-electron chi connectivity index (χ4n) is 2.47. The maximum Gasteiger partial charge on any atom is 0.273 e. The van der Waals surface area contributed by atoms with E-state index >= 15 is 0 Å². The normalized spacial score (nSPS) is 10.5. The molecule has 2 aromatic heterocycles. The van der Waals surface area contributed by atoms with Crippen LogP contribution in [0.3, 0.4) is 0 Å². The summed E-state index contributed by atoms with van der Waals surface area (Å²) < 4.78 is 0. The van der Waals surface area contributed by atoms with Gasteiger partial charge in [0.05, 0.1) is 6.20 Å². The van der Waals surface area contributed by atoms with Gasteiger partial charge in [0.2, 0.25) is 5.95 Å². The third-order valence-electron chi connectivity index (χ3n) is 3.64. The second kappa shape index (κ2) is 6.60. The first-order valence-corrected chi connectivity index (χ1v) is 7.73. The molecule has 1 aromatic carbocycles. The van der Waals surface area contributed by atoms with E-state index in [9.17, 15) is 4.79 Å². The molecular formula is C17H19N7O. The van der Waals surface area contributed by atoms with E-state index < -0.39 is 0 Å². The number of nitrogens with two attached hydrogens (primary N) is 1. The fraction of sp³-hybridized carbons (Fsp3) is 0.176. The molecule has 5 N–H and O–H groups in total. The average Bonchev–Trinajstić information content (AvgIpc) is 2.98. The predicted molar refractivity (Wildman–Crippen MR) is 96.9 cm³/mol. The number of aromatic amines is 1. The second-order valence-corrected chi connectivity index (χ2v) is 5.72. The van der Waals surface area contributed by atoms with Gasteiger partial charge in [-0.3, -0.25) is 4.79 Å². The number of aryl methyl sites for hydroxylation is 3. The third kappa shape index (κ3) is 3.74. The first-order valence-electron chi connectivity index (χ1n) is 7.73. The monoisotopic (exact) mass is 337 g/mol. The number of imidazole rings is 1. The lowest BCUT2D eigenvalue weighted by atomic mass is 10.1. The molecular weight excluding hydrogens is 318 g/mol. The molecule has 0 spiro atoms. The molecule has 0 bridgehead atoms. The molecule has 0 fully saturated rings. The van der Waals surface area contributed by atoms with Gasteiger partial charge < -0.3 is 21.4 Å². The predicted octanol–water partition coefficient (Wildman–Crippen LogP) is 2.70. The molecule has 0 atom stereocenters. The molecule has 2 heterocycles. The molecule has 0 aliphatic rings. The van der Waals surface area contributed by atoms with Crippen molar-refractivity contribution in [1.29, 1.82) is 0 Å². The Kier molecular flexibility index (Phi) is 4.34. The number of nitrogens with one attached hydrogen (secondary N) is 3. The van der Waals surface area contributed by atoms with Gasteiger partial charge in [0.25, 0.3) is 5.91 Å². The summed E-state index contributed by atoms with van der Waals surface area (Å²) in [6, 6.07) is 7.44. The van der Waals surface area contributed by atoms with E-state index in [1.54, 1.807) is 13.0 Å². The minimum Gasteiger partial charge on any atom is -0.384 e. The highest BCUT2D eigenvalue weighted by molar-refractivity contribution is 6.03. The van der Waals surface area contributed by atoms with Crippen molar-refractivity contribution in [2.45, 2.75) is 20.8 Å². The maximum absolute atomic E-state index is 12.4. The Morgan fingerprint density at radius 3 is 2.56 bits per heavy atom. The highest BCUT2D eigenvalue weighted by atomic mass is 16.1. The zero-order valence-electron chi connectivity index (χ0n) is 14.2. The number of nitrogen functional groups attached to an aromatic ring is 1. The average molecular weight is 337 g/mol. The van der Waals surface area contributed by atoms with Crippen molar-refractivity contribution in [3.8, 4) is 0 Å². The van der Waals surface area contributed by atoms with Crippen LogP contribution in [-0.4, -0.2) is 25.8 Å². The van der Waals surface area contributed by atoms with Crippen LogP contribution in [0.1, 0.15) is 27.4 Å². The van der Waals surface area contributed by atoms with Crippen LogP contribution in [0, 0.1) is 20.8 Å². The molecule has 8 nitrogen and oxygen atoms in total. The van der Waals surface area contributed by atoms with Crippen LogP contribution in [0.5, 0.6) is 0 Å². The molecule has 3 rings (SSSR count). The van der Waals surface area contributed by atoms with E-state index in [4.69, 9.17) is 5.73 Å². The summed E-state index contributed by atoms with van der Waals surface area (Å²) in [6.07, 6.45) is 1.46. The number of nitrogens with zero attached hydrogens (tertiary/aromatic N) is 3. The van der Waals surface area contributed by atoms with Crippen LogP contribution >= 0.6 is 0 Å². The molecule has 3 aromatic rings. The van der Waals surface area contributed by atoms with Crippen molar-refractivity contribution >= 4 is 29.2 Å². The summed E-state index contributed by atoms with van der Waals surface area (Å²) >= 11 is 0. The summed E-state index contributed by atoms with van der Waals surface area (Å²) in [5.74, 6) is 1.53. The minimum absolute atomic E-state index is 0.267. The molecule has 25 heavy (non-hydrogen) atoms. The largest absolute Gasteiger partial charge is 0.384 e. The number of H-pyrrole nitrogens is 1. The smallest absolute Gasteiger partial charge is 0.273 e. The summed E-state index contributed by atoms with van der Waals surface area (Å²) in [5.41, 5.74) is 8.83. The Balaban J connectivity index is 1.75. The number of carbonyl (C=O) groups excluding carboxylic acids is 1. The van der Waals surface area contributed by atoms with Crippen LogP contribution in [0.15, 0.2) is 30.5 Å². The molecule has 128 valence electrons. The zero-order valence-corrected chi connectivity index (χ0v) is 14.2. The number of para-hydroxylation sites is 1. The zero-order chi connectivity index (χ0) is 18.0. The van der Waals surface area contributed by atoms with E-state index in [1.165, 1.54) is 6.20 Å². The van der Waals surface area contributed by atoms with Crippen LogP contribution in [0.2, 0.25) is 0 Å². The molecule has 1 amide bonds. The van der Waals surface area contributed by atoms with Crippen LogP contribution in [-0.2, 0) is 0 Å². The first-order chi connectivity index (χ1) is 11.9. The third-order valence-corrected chi connectivity index (χ3v) is 3.64. The van der Waals surface area contributed by atoms with Crippen molar-refractivity contribution < 1.29 is 4.79 Å². The first kappa shape index (κ1) is 16.4. The quantitative estimate of drug-likeness (QED) is 0.581. The highest BCUT2D eigenvalue weighted by Gasteiger charge is 2.13. The summed E-state index contributed by atoms with van der Waals surface area (Å²) in [6.45, 7) is 5.64. The summed E-state index contributed by atoms with van der Waals surface area (Å²) in [7, 11) is 0. The highest BCUT2D eigenvalue weighted by Crippen LogP contribution is 2.20.